The summed E-state index contributed by atoms with van der Waals surface area (Å²) < 4.78 is 0. The highest BCUT2D eigenvalue weighted by Gasteiger charge is 2.04. The average Bonchev–Trinajstić information content (AvgIpc) is 2.52. The second kappa shape index (κ2) is 11.1. The predicted molar refractivity (Wildman–Crippen MR) is 86.4 cm³/mol. The molecule has 0 heterocycles. The van der Waals surface area contributed by atoms with Gasteiger partial charge in [-0.2, -0.15) is 0 Å². The molecule has 0 fully saturated rings. The van der Waals surface area contributed by atoms with Crippen LogP contribution in [0.25, 0.3) is 0 Å². The average molecular weight is 289 g/mol. The summed E-state index contributed by atoms with van der Waals surface area (Å²) in [7, 11) is 0. The standard InChI is InChI=1S/C18H27NO2/c1-2-3-4-8-13-17(20)14-9-10-15-19-18(21)16-11-6-5-7-12-16/h5-7,11-12H,2-4,8-10,13-15H2,1H3,(H,19,21). The van der Waals surface area contributed by atoms with Crippen LogP contribution >= 0.6 is 0 Å². The number of benzene rings is 1. The minimum Gasteiger partial charge on any atom is -0.352 e. The van der Waals surface area contributed by atoms with Crippen LogP contribution in [0.15, 0.2) is 30.3 Å². The molecule has 0 spiro atoms. The van der Waals surface area contributed by atoms with E-state index in [4.69, 9.17) is 0 Å². The Morgan fingerprint density at radius 2 is 1.57 bits per heavy atom. The fourth-order valence-electron chi connectivity index (χ4n) is 2.21. The molecule has 21 heavy (non-hydrogen) atoms. The maximum absolute atomic E-state index is 11.8. The van der Waals surface area contributed by atoms with Crippen molar-refractivity contribution in [2.75, 3.05) is 6.54 Å². The molecule has 0 bridgehead atoms. The van der Waals surface area contributed by atoms with E-state index in [0.29, 0.717) is 24.3 Å². The van der Waals surface area contributed by atoms with Crippen molar-refractivity contribution in [1.29, 1.82) is 0 Å². The van der Waals surface area contributed by atoms with Crippen LogP contribution in [0.4, 0.5) is 0 Å². The lowest BCUT2D eigenvalue weighted by Gasteiger charge is -2.05. The lowest BCUT2D eigenvalue weighted by molar-refractivity contribution is -0.119. The molecule has 1 aromatic carbocycles. The third kappa shape index (κ3) is 8.28. The quantitative estimate of drug-likeness (QED) is 0.623. The molecule has 0 saturated heterocycles. The summed E-state index contributed by atoms with van der Waals surface area (Å²) in [6.07, 6.45) is 7.70. The molecule has 1 rings (SSSR count). The zero-order valence-electron chi connectivity index (χ0n) is 13.1. The predicted octanol–water partition coefficient (Wildman–Crippen LogP) is 4.13. The largest absolute Gasteiger partial charge is 0.352 e. The molecular weight excluding hydrogens is 262 g/mol. The van der Waals surface area contributed by atoms with E-state index in [1.807, 2.05) is 18.2 Å². The third-order valence-electron chi connectivity index (χ3n) is 3.51. The van der Waals surface area contributed by atoms with Crippen LogP contribution in [-0.4, -0.2) is 18.2 Å². The highest BCUT2D eigenvalue weighted by molar-refractivity contribution is 5.94. The van der Waals surface area contributed by atoms with Gasteiger partial charge in [0.1, 0.15) is 5.78 Å². The second-order valence-electron chi connectivity index (χ2n) is 5.43. The number of hydrogen-bond donors (Lipinski definition) is 1. The molecule has 0 unspecified atom stereocenters. The molecule has 0 aromatic heterocycles. The fourth-order valence-corrected chi connectivity index (χ4v) is 2.21. The molecule has 3 nitrogen and oxygen atoms in total. The lowest BCUT2D eigenvalue weighted by Crippen LogP contribution is -2.24. The number of unbranched alkanes of at least 4 members (excludes halogenated alkanes) is 4. The lowest BCUT2D eigenvalue weighted by atomic mass is 10.1. The van der Waals surface area contributed by atoms with Crippen molar-refractivity contribution in [3.05, 3.63) is 35.9 Å². The van der Waals surface area contributed by atoms with Gasteiger partial charge in [0, 0.05) is 24.9 Å². The van der Waals surface area contributed by atoms with Crippen molar-refractivity contribution in [3.8, 4) is 0 Å². The summed E-state index contributed by atoms with van der Waals surface area (Å²) >= 11 is 0. The fraction of sp³-hybridized carbons (Fsp3) is 0.556. The monoisotopic (exact) mass is 289 g/mol. The second-order valence-corrected chi connectivity index (χ2v) is 5.43. The molecule has 116 valence electrons. The van der Waals surface area contributed by atoms with Crippen molar-refractivity contribution >= 4 is 11.7 Å². The zero-order valence-corrected chi connectivity index (χ0v) is 13.1. The first kappa shape index (κ1) is 17.4. The molecule has 1 amide bonds. The Morgan fingerprint density at radius 1 is 0.905 bits per heavy atom. The number of carbonyl (C=O) groups excluding carboxylic acids is 2. The van der Waals surface area contributed by atoms with Gasteiger partial charge in [-0.25, -0.2) is 0 Å². The van der Waals surface area contributed by atoms with Gasteiger partial charge in [0.25, 0.3) is 5.91 Å². The number of nitrogens with one attached hydrogen (secondary N) is 1. The molecule has 0 aliphatic carbocycles. The summed E-state index contributed by atoms with van der Waals surface area (Å²) in [5.41, 5.74) is 0.685. The maximum Gasteiger partial charge on any atom is 0.251 e. The van der Waals surface area contributed by atoms with Crippen LogP contribution in [-0.2, 0) is 4.79 Å². The van der Waals surface area contributed by atoms with Crippen molar-refractivity contribution in [2.24, 2.45) is 0 Å². The van der Waals surface area contributed by atoms with Gasteiger partial charge >= 0.3 is 0 Å². The third-order valence-corrected chi connectivity index (χ3v) is 3.51. The Labute approximate surface area is 128 Å². The number of rotatable bonds is 11. The van der Waals surface area contributed by atoms with E-state index >= 15 is 0 Å². The number of Topliss-reactive ketones (excluding diaryl/α,β-unsaturated/α-hetero) is 1. The number of carbonyl (C=O) groups is 2. The summed E-state index contributed by atoms with van der Waals surface area (Å²) in [4.78, 5) is 23.4. The van der Waals surface area contributed by atoms with Gasteiger partial charge in [-0.3, -0.25) is 9.59 Å². The number of hydrogen-bond acceptors (Lipinski definition) is 2. The summed E-state index contributed by atoms with van der Waals surface area (Å²) in [5.74, 6) is 0.321. The van der Waals surface area contributed by atoms with Crippen molar-refractivity contribution in [1.82, 2.24) is 5.32 Å². The van der Waals surface area contributed by atoms with Crippen LogP contribution in [0, 0.1) is 0 Å². The van der Waals surface area contributed by atoms with E-state index in [2.05, 4.69) is 12.2 Å². The first-order valence-corrected chi connectivity index (χ1v) is 8.09. The molecule has 3 heteroatoms. The molecule has 0 aliphatic heterocycles. The van der Waals surface area contributed by atoms with E-state index in [1.165, 1.54) is 12.8 Å². The van der Waals surface area contributed by atoms with E-state index in [-0.39, 0.29) is 5.91 Å². The smallest absolute Gasteiger partial charge is 0.251 e. The summed E-state index contributed by atoms with van der Waals surface area (Å²) in [6, 6.07) is 9.20. The Kier molecular flexibility index (Phi) is 9.18. The van der Waals surface area contributed by atoms with Gasteiger partial charge in [0.15, 0.2) is 0 Å². The molecule has 0 saturated carbocycles. The Balaban J connectivity index is 2.01. The molecule has 0 aliphatic rings. The minimum absolute atomic E-state index is 0.0403. The SMILES string of the molecule is CCCCCCC(=O)CCCCNC(=O)c1ccccc1. The normalized spacial score (nSPS) is 10.3. The highest BCUT2D eigenvalue weighted by Crippen LogP contribution is 2.06. The number of ketones is 1. The number of amides is 1. The van der Waals surface area contributed by atoms with E-state index < -0.39 is 0 Å². The molecule has 0 atom stereocenters. The summed E-state index contributed by atoms with van der Waals surface area (Å²) in [5, 5.41) is 2.88. The zero-order chi connectivity index (χ0) is 15.3. The highest BCUT2D eigenvalue weighted by atomic mass is 16.1. The van der Waals surface area contributed by atoms with E-state index in [1.54, 1.807) is 12.1 Å². The molecule has 0 radical (unpaired) electrons. The van der Waals surface area contributed by atoms with Crippen LogP contribution in [0.1, 0.15) is 68.6 Å². The van der Waals surface area contributed by atoms with Gasteiger partial charge in [0.2, 0.25) is 0 Å². The first-order chi connectivity index (χ1) is 10.2. The van der Waals surface area contributed by atoms with Gasteiger partial charge in [-0.05, 0) is 31.4 Å². The van der Waals surface area contributed by atoms with Gasteiger partial charge in [-0.15, -0.1) is 0 Å². The maximum atomic E-state index is 11.8. The van der Waals surface area contributed by atoms with Crippen LogP contribution in [0.2, 0.25) is 0 Å². The van der Waals surface area contributed by atoms with Crippen molar-refractivity contribution < 1.29 is 9.59 Å². The molecule has 1 aromatic rings. The van der Waals surface area contributed by atoms with Gasteiger partial charge in [-0.1, -0.05) is 44.4 Å². The Bertz CT molecular complexity index is 414. The van der Waals surface area contributed by atoms with Crippen molar-refractivity contribution in [3.63, 3.8) is 0 Å². The van der Waals surface area contributed by atoms with Crippen LogP contribution in [0.3, 0.4) is 0 Å². The Morgan fingerprint density at radius 3 is 2.24 bits per heavy atom. The van der Waals surface area contributed by atoms with E-state index in [0.717, 1.165) is 32.1 Å². The van der Waals surface area contributed by atoms with Crippen LogP contribution in [0.5, 0.6) is 0 Å². The minimum atomic E-state index is -0.0403. The Hall–Kier alpha value is -1.64. The topological polar surface area (TPSA) is 46.2 Å². The van der Waals surface area contributed by atoms with Gasteiger partial charge in [0.05, 0.1) is 0 Å². The van der Waals surface area contributed by atoms with E-state index in [9.17, 15) is 9.59 Å². The first-order valence-electron chi connectivity index (χ1n) is 8.09. The molecule has 1 N–H and O–H groups in total. The van der Waals surface area contributed by atoms with Crippen LogP contribution < -0.4 is 5.32 Å². The van der Waals surface area contributed by atoms with Crippen molar-refractivity contribution in [2.45, 2.75) is 58.3 Å². The van der Waals surface area contributed by atoms with Gasteiger partial charge < -0.3 is 5.32 Å². The molecular formula is C18H27NO2. The summed E-state index contributed by atoms with van der Waals surface area (Å²) in [6.45, 7) is 2.81.